The average molecular weight is 431 g/mol. The summed E-state index contributed by atoms with van der Waals surface area (Å²) >= 11 is 3.38. The summed E-state index contributed by atoms with van der Waals surface area (Å²) in [5.74, 6) is -0.690. The molecule has 140 valence electrons. The predicted octanol–water partition coefficient (Wildman–Crippen LogP) is 3.25. The molecule has 0 radical (unpaired) electrons. The molecule has 0 fully saturated rings. The Morgan fingerprint density at radius 3 is 2.63 bits per heavy atom. The number of aryl methyl sites for hydroxylation is 1. The van der Waals surface area contributed by atoms with E-state index in [9.17, 15) is 9.59 Å². The Labute approximate surface area is 164 Å². The highest BCUT2D eigenvalue weighted by molar-refractivity contribution is 9.10. The summed E-state index contributed by atoms with van der Waals surface area (Å²) in [5, 5.41) is 11.1. The van der Waals surface area contributed by atoms with Gasteiger partial charge in [0, 0.05) is 16.6 Å². The van der Waals surface area contributed by atoms with Crippen molar-refractivity contribution in [3.8, 4) is 0 Å². The maximum atomic E-state index is 12.8. The molecule has 1 N–H and O–H groups in total. The Bertz CT molecular complexity index is 969. The third-order valence-electron chi connectivity index (χ3n) is 4.25. The van der Waals surface area contributed by atoms with E-state index in [0.717, 1.165) is 15.6 Å². The van der Waals surface area contributed by atoms with E-state index in [2.05, 4.69) is 31.6 Å². The number of hydrogen-bond acceptors (Lipinski definition) is 5. The molecule has 0 aliphatic heterocycles. The summed E-state index contributed by atoms with van der Waals surface area (Å²) in [6, 6.07) is 12.2. The van der Waals surface area contributed by atoms with Crippen LogP contribution in [0.25, 0.3) is 11.0 Å². The van der Waals surface area contributed by atoms with Gasteiger partial charge in [-0.3, -0.25) is 9.59 Å². The summed E-state index contributed by atoms with van der Waals surface area (Å²) in [7, 11) is 1.33. The van der Waals surface area contributed by atoms with Gasteiger partial charge in [0.2, 0.25) is 0 Å². The summed E-state index contributed by atoms with van der Waals surface area (Å²) < 4.78 is 7.44. The number of aromatic nitrogens is 3. The number of carbonyl (C=O) groups is 2. The van der Waals surface area contributed by atoms with Gasteiger partial charge in [-0.05, 0) is 42.8 Å². The number of carbonyl (C=O) groups excluding carboxylic acids is 2. The third-order valence-corrected chi connectivity index (χ3v) is 4.78. The van der Waals surface area contributed by atoms with Crippen molar-refractivity contribution in [2.75, 3.05) is 7.11 Å². The maximum Gasteiger partial charge on any atom is 0.307 e. The fraction of sp³-hybridized carbons (Fsp3) is 0.263. The molecule has 27 heavy (non-hydrogen) atoms. The van der Waals surface area contributed by atoms with Crippen LogP contribution in [0.2, 0.25) is 0 Å². The van der Waals surface area contributed by atoms with Crippen LogP contribution in [-0.4, -0.2) is 34.0 Å². The summed E-state index contributed by atoms with van der Waals surface area (Å²) in [4.78, 5) is 24.5. The zero-order valence-electron chi connectivity index (χ0n) is 15.0. The van der Waals surface area contributed by atoms with Crippen LogP contribution in [0.1, 0.15) is 35.3 Å². The van der Waals surface area contributed by atoms with Crippen molar-refractivity contribution >= 4 is 38.8 Å². The van der Waals surface area contributed by atoms with Crippen LogP contribution in [0, 0.1) is 0 Å². The van der Waals surface area contributed by atoms with E-state index in [1.807, 2.05) is 37.3 Å². The number of hydrogen-bond donors (Lipinski definition) is 1. The Morgan fingerprint density at radius 1 is 1.22 bits per heavy atom. The van der Waals surface area contributed by atoms with E-state index in [-0.39, 0.29) is 12.3 Å². The van der Waals surface area contributed by atoms with E-state index in [0.29, 0.717) is 17.6 Å². The lowest BCUT2D eigenvalue weighted by Crippen LogP contribution is -2.30. The van der Waals surface area contributed by atoms with Crippen LogP contribution < -0.4 is 5.32 Å². The van der Waals surface area contributed by atoms with Crippen molar-refractivity contribution in [1.82, 2.24) is 20.3 Å². The third kappa shape index (κ3) is 4.33. The van der Waals surface area contributed by atoms with Crippen LogP contribution in [0.5, 0.6) is 0 Å². The van der Waals surface area contributed by atoms with Gasteiger partial charge in [0.15, 0.2) is 0 Å². The number of ether oxygens (including phenoxy) is 1. The molecule has 7 nitrogen and oxygen atoms in total. The Balaban J connectivity index is 1.84. The van der Waals surface area contributed by atoms with Crippen LogP contribution in [-0.2, 0) is 16.1 Å². The fourth-order valence-corrected chi connectivity index (χ4v) is 3.05. The standard InChI is InChI=1S/C19H19BrN4O3/c1-3-24-17-9-6-13(10-16(17)22-23-24)19(26)21-15(11-18(25)27-2)12-4-7-14(20)8-5-12/h4-10,15H,3,11H2,1-2H3,(H,21,26). The lowest BCUT2D eigenvalue weighted by molar-refractivity contribution is -0.141. The molecule has 3 rings (SSSR count). The fourth-order valence-electron chi connectivity index (χ4n) is 2.79. The van der Waals surface area contributed by atoms with Crippen molar-refractivity contribution < 1.29 is 14.3 Å². The zero-order valence-corrected chi connectivity index (χ0v) is 16.6. The maximum absolute atomic E-state index is 12.8. The molecule has 0 aliphatic carbocycles. The second-order valence-corrected chi connectivity index (χ2v) is 6.88. The summed E-state index contributed by atoms with van der Waals surface area (Å²) in [6.45, 7) is 2.68. The molecule has 8 heteroatoms. The van der Waals surface area contributed by atoms with Crippen molar-refractivity contribution in [2.24, 2.45) is 0 Å². The second-order valence-electron chi connectivity index (χ2n) is 5.97. The SMILES string of the molecule is CCn1nnc2cc(C(=O)NC(CC(=O)OC)c3ccc(Br)cc3)ccc21. The van der Waals surface area contributed by atoms with Crippen molar-refractivity contribution in [3.63, 3.8) is 0 Å². The van der Waals surface area contributed by atoms with Gasteiger partial charge >= 0.3 is 5.97 Å². The van der Waals surface area contributed by atoms with E-state index in [1.54, 1.807) is 16.8 Å². The van der Waals surface area contributed by atoms with Gasteiger partial charge in [0.05, 0.1) is 25.1 Å². The number of fused-ring (bicyclic) bond motifs is 1. The lowest BCUT2D eigenvalue weighted by atomic mass is 10.0. The van der Waals surface area contributed by atoms with Crippen LogP contribution in [0.3, 0.4) is 0 Å². The number of esters is 1. The molecule has 1 unspecified atom stereocenters. The van der Waals surface area contributed by atoms with Gasteiger partial charge in [0.25, 0.3) is 5.91 Å². The van der Waals surface area contributed by atoms with Crippen LogP contribution in [0.15, 0.2) is 46.9 Å². The molecule has 1 aromatic heterocycles. The summed E-state index contributed by atoms with van der Waals surface area (Å²) in [6.07, 6.45) is 0.0398. The number of benzene rings is 2. The highest BCUT2D eigenvalue weighted by Crippen LogP contribution is 2.21. The minimum absolute atomic E-state index is 0.0398. The molecular weight excluding hydrogens is 412 g/mol. The molecule has 1 amide bonds. The first-order chi connectivity index (χ1) is 13.0. The first-order valence-electron chi connectivity index (χ1n) is 8.48. The largest absolute Gasteiger partial charge is 0.469 e. The molecule has 0 bridgehead atoms. The molecule has 1 heterocycles. The normalized spacial score (nSPS) is 12.0. The van der Waals surface area contributed by atoms with Gasteiger partial charge in [-0.1, -0.05) is 33.3 Å². The highest BCUT2D eigenvalue weighted by Gasteiger charge is 2.20. The Kier molecular flexibility index (Phi) is 5.85. The Hall–Kier alpha value is -2.74. The molecule has 0 aliphatic rings. The number of nitrogens with zero attached hydrogens (tertiary/aromatic N) is 3. The molecular formula is C19H19BrN4O3. The number of methoxy groups -OCH3 is 1. The number of amides is 1. The first-order valence-corrected chi connectivity index (χ1v) is 9.27. The minimum atomic E-state index is -0.500. The molecule has 0 spiro atoms. The van der Waals surface area contributed by atoms with Gasteiger partial charge in [0.1, 0.15) is 5.52 Å². The second kappa shape index (κ2) is 8.30. The van der Waals surface area contributed by atoms with Gasteiger partial charge in [-0.25, -0.2) is 4.68 Å². The number of nitrogens with one attached hydrogen (secondary N) is 1. The van der Waals surface area contributed by atoms with E-state index in [1.165, 1.54) is 7.11 Å². The minimum Gasteiger partial charge on any atom is -0.469 e. The van der Waals surface area contributed by atoms with Crippen LogP contribution in [0.4, 0.5) is 0 Å². The lowest BCUT2D eigenvalue weighted by Gasteiger charge is -2.18. The van der Waals surface area contributed by atoms with Gasteiger partial charge in [-0.15, -0.1) is 5.10 Å². The summed E-state index contributed by atoms with van der Waals surface area (Å²) in [5.41, 5.74) is 2.79. The average Bonchev–Trinajstić information content (AvgIpc) is 3.10. The molecule has 2 aromatic carbocycles. The first kappa shape index (κ1) is 19.0. The highest BCUT2D eigenvalue weighted by atomic mass is 79.9. The molecule has 0 saturated heterocycles. The van der Waals surface area contributed by atoms with Crippen LogP contribution >= 0.6 is 15.9 Å². The van der Waals surface area contributed by atoms with Crippen molar-refractivity contribution in [2.45, 2.75) is 25.9 Å². The predicted molar refractivity (Wildman–Crippen MR) is 104 cm³/mol. The van der Waals surface area contributed by atoms with E-state index < -0.39 is 12.0 Å². The number of halogens is 1. The Morgan fingerprint density at radius 2 is 1.96 bits per heavy atom. The van der Waals surface area contributed by atoms with E-state index >= 15 is 0 Å². The number of rotatable bonds is 6. The van der Waals surface area contributed by atoms with Gasteiger partial charge in [-0.2, -0.15) is 0 Å². The topological polar surface area (TPSA) is 86.1 Å². The zero-order chi connectivity index (χ0) is 19.4. The molecule has 0 saturated carbocycles. The van der Waals surface area contributed by atoms with Crippen molar-refractivity contribution in [1.29, 1.82) is 0 Å². The van der Waals surface area contributed by atoms with Gasteiger partial charge < -0.3 is 10.1 Å². The van der Waals surface area contributed by atoms with Crippen molar-refractivity contribution in [3.05, 3.63) is 58.1 Å². The monoisotopic (exact) mass is 430 g/mol. The molecule has 3 aromatic rings. The molecule has 1 atom stereocenters. The smallest absolute Gasteiger partial charge is 0.307 e. The van der Waals surface area contributed by atoms with E-state index in [4.69, 9.17) is 4.74 Å². The quantitative estimate of drug-likeness (QED) is 0.606.